The van der Waals surface area contributed by atoms with Crippen LogP contribution in [-0.2, 0) is 43.5 Å². The van der Waals surface area contributed by atoms with Gasteiger partial charge in [-0.15, -0.1) is 0 Å². The minimum absolute atomic E-state index is 0.113. The molecule has 0 bridgehead atoms. The number of anilines is 4. The number of methoxy groups -OCH3 is 1. The van der Waals surface area contributed by atoms with Gasteiger partial charge in [-0.3, -0.25) is 24.1 Å². The SMILES string of the molecule is CCOC(=O)c1cnccc1Nc1nc(-c2nn(Cc3ccccc3F)c3c2CCC3)ncc1O.COc1cnc(-c2nn(Cc3ccccc3F)c3c2CCC3)nc1Nc1ccncc1C(N)=O. The van der Waals surface area contributed by atoms with Gasteiger partial charge in [-0.1, -0.05) is 36.4 Å². The van der Waals surface area contributed by atoms with Gasteiger partial charge in [0.25, 0.3) is 5.91 Å². The Hall–Kier alpha value is -8.68. The molecule has 2 aliphatic carbocycles. The average molecular weight is 934 g/mol. The van der Waals surface area contributed by atoms with Crippen LogP contribution in [0, 0.1) is 11.6 Å². The normalized spacial score (nSPS) is 12.4. The summed E-state index contributed by atoms with van der Waals surface area (Å²) in [5.41, 5.74) is 13.3. The summed E-state index contributed by atoms with van der Waals surface area (Å²) >= 11 is 0. The third-order valence-electron chi connectivity index (χ3n) is 11.6. The predicted molar refractivity (Wildman–Crippen MR) is 249 cm³/mol. The van der Waals surface area contributed by atoms with E-state index in [4.69, 9.17) is 25.4 Å². The summed E-state index contributed by atoms with van der Waals surface area (Å²) < 4.78 is 42.7. The van der Waals surface area contributed by atoms with Crippen LogP contribution < -0.4 is 21.1 Å². The Morgan fingerprint density at radius 3 is 1.78 bits per heavy atom. The largest absolute Gasteiger partial charge is 0.503 e. The van der Waals surface area contributed by atoms with Crippen molar-refractivity contribution in [1.29, 1.82) is 0 Å². The number of hydrogen-bond acceptors (Lipinski definition) is 15. The van der Waals surface area contributed by atoms with Gasteiger partial charge in [0.1, 0.15) is 28.6 Å². The van der Waals surface area contributed by atoms with E-state index in [1.165, 1.54) is 44.0 Å². The van der Waals surface area contributed by atoms with Crippen molar-refractivity contribution in [3.05, 3.63) is 154 Å². The number of esters is 1. The topological polar surface area (TPSA) is 236 Å². The summed E-state index contributed by atoms with van der Waals surface area (Å²) in [6.45, 7) is 2.57. The lowest BCUT2D eigenvalue weighted by atomic mass is 10.2. The van der Waals surface area contributed by atoms with Crippen molar-refractivity contribution in [2.24, 2.45) is 5.73 Å². The first-order valence-corrected chi connectivity index (χ1v) is 22.1. The molecule has 1 amide bonds. The van der Waals surface area contributed by atoms with Crippen LogP contribution in [0.1, 0.15) is 74.1 Å². The highest BCUT2D eigenvalue weighted by atomic mass is 19.1. The average Bonchev–Trinajstić information content (AvgIpc) is 4.17. The standard InChI is InChI=1S/C25H23FN6O3.C24H22FN7O2/c1-2-35-25(34)17-12-27-11-10-19(17)29-23-21(33)13-28-24(30-23)22-16-7-5-9-20(16)32(31-22)14-15-6-3-4-8-18(15)26;1-34-20-12-28-24(30-23(20)29-18-9-10-27-11-16(18)22(26)33)21-15-6-4-8-19(15)32(31-21)13-14-5-2-3-7-17(14)25/h3-4,6,8,10-13,33H,2,5,7,9,14H2,1H3,(H,27,28,29,30);2-3,5,7,9-12H,4,6,8,13H2,1H3,(H2,26,33)(H,27,28,29,30). The van der Waals surface area contributed by atoms with Gasteiger partial charge >= 0.3 is 5.97 Å². The number of nitrogens with two attached hydrogens (primary N) is 1. The molecule has 350 valence electrons. The van der Waals surface area contributed by atoms with Crippen molar-refractivity contribution >= 4 is 34.9 Å². The Labute approximate surface area is 393 Å². The smallest absolute Gasteiger partial charge is 0.341 e. The molecular weight excluding hydrogens is 889 g/mol. The van der Waals surface area contributed by atoms with E-state index in [9.17, 15) is 23.5 Å². The van der Waals surface area contributed by atoms with E-state index >= 15 is 0 Å². The predicted octanol–water partition coefficient (Wildman–Crippen LogP) is 7.30. The molecule has 6 aromatic heterocycles. The van der Waals surface area contributed by atoms with Gasteiger partial charge < -0.3 is 30.9 Å². The number of hydrogen-bond donors (Lipinski definition) is 4. The number of nitrogens with one attached hydrogen (secondary N) is 2. The van der Waals surface area contributed by atoms with E-state index in [1.54, 1.807) is 66.5 Å². The molecule has 18 nitrogen and oxygen atoms in total. The van der Waals surface area contributed by atoms with E-state index in [2.05, 4.69) is 40.5 Å². The number of carbonyl (C=O) groups is 2. The first kappa shape index (κ1) is 45.5. The summed E-state index contributed by atoms with van der Waals surface area (Å²) in [4.78, 5) is 50.0. The van der Waals surface area contributed by atoms with Gasteiger partial charge in [0, 0.05) is 58.4 Å². The fourth-order valence-electron chi connectivity index (χ4n) is 8.35. The van der Waals surface area contributed by atoms with Crippen molar-refractivity contribution in [1.82, 2.24) is 49.5 Å². The maximum atomic E-state index is 14.3. The van der Waals surface area contributed by atoms with Crippen LogP contribution in [0.5, 0.6) is 11.5 Å². The number of benzene rings is 2. The van der Waals surface area contributed by atoms with Crippen molar-refractivity contribution in [2.45, 2.75) is 58.5 Å². The number of ether oxygens (including phenoxy) is 2. The number of aromatic hydroxyl groups is 1. The fraction of sp³-hybridized carbons (Fsp3) is 0.224. The van der Waals surface area contributed by atoms with Gasteiger partial charge in [0.15, 0.2) is 34.8 Å². The summed E-state index contributed by atoms with van der Waals surface area (Å²) in [7, 11) is 1.51. The Morgan fingerprint density at radius 1 is 0.710 bits per heavy atom. The van der Waals surface area contributed by atoms with E-state index in [0.717, 1.165) is 61.0 Å². The van der Waals surface area contributed by atoms with E-state index in [0.29, 0.717) is 70.2 Å². The molecule has 2 aliphatic rings. The van der Waals surface area contributed by atoms with Crippen LogP contribution in [0.25, 0.3) is 23.0 Å². The second kappa shape index (κ2) is 20.0. The van der Waals surface area contributed by atoms with Gasteiger partial charge in [-0.25, -0.2) is 33.5 Å². The lowest BCUT2D eigenvalue weighted by Crippen LogP contribution is -2.14. The van der Waals surface area contributed by atoms with Crippen LogP contribution in [0.3, 0.4) is 0 Å². The monoisotopic (exact) mass is 933 g/mol. The molecule has 0 spiro atoms. The maximum Gasteiger partial charge on any atom is 0.341 e. The van der Waals surface area contributed by atoms with Gasteiger partial charge in [0.05, 0.1) is 56.1 Å². The zero-order valence-electron chi connectivity index (χ0n) is 37.5. The van der Waals surface area contributed by atoms with Crippen LogP contribution in [0.4, 0.5) is 31.8 Å². The van der Waals surface area contributed by atoms with E-state index in [-0.39, 0.29) is 40.9 Å². The molecule has 2 aromatic carbocycles. The highest BCUT2D eigenvalue weighted by Gasteiger charge is 2.28. The second-order valence-electron chi connectivity index (χ2n) is 16.0. The first-order chi connectivity index (χ1) is 33.6. The molecule has 8 aromatic rings. The molecule has 5 N–H and O–H groups in total. The van der Waals surface area contributed by atoms with Gasteiger partial charge in [0.2, 0.25) is 0 Å². The van der Waals surface area contributed by atoms with Crippen LogP contribution >= 0.6 is 0 Å². The Balaban J connectivity index is 0.000000172. The number of rotatable bonds is 14. The van der Waals surface area contributed by atoms with Gasteiger partial charge in [-0.05, 0) is 69.7 Å². The molecule has 0 atom stereocenters. The number of primary amides is 1. The Morgan fingerprint density at radius 2 is 1.23 bits per heavy atom. The number of carbonyl (C=O) groups excluding carboxylic acids is 2. The molecular formula is C49H45F2N13O5. The van der Waals surface area contributed by atoms with Crippen LogP contribution in [-0.4, -0.2) is 80.2 Å². The minimum atomic E-state index is -0.617. The molecule has 0 fully saturated rings. The Kier molecular flexibility index (Phi) is 13.2. The minimum Gasteiger partial charge on any atom is -0.503 e. The number of aromatic nitrogens is 10. The molecule has 20 heteroatoms. The molecule has 0 aliphatic heterocycles. The number of nitrogens with zero attached hydrogens (tertiary/aromatic N) is 10. The third-order valence-corrected chi connectivity index (χ3v) is 11.6. The summed E-state index contributed by atoms with van der Waals surface area (Å²) in [6, 6.07) is 16.5. The number of halogens is 2. The van der Waals surface area contributed by atoms with Crippen molar-refractivity contribution in [2.75, 3.05) is 24.4 Å². The zero-order chi connectivity index (χ0) is 48.0. The molecule has 6 heterocycles. The second-order valence-corrected chi connectivity index (χ2v) is 16.0. The number of amides is 1. The summed E-state index contributed by atoms with van der Waals surface area (Å²) in [6.07, 6.45) is 14.0. The lowest BCUT2D eigenvalue weighted by molar-refractivity contribution is 0.0527. The molecule has 0 saturated heterocycles. The van der Waals surface area contributed by atoms with Gasteiger partial charge in [-0.2, -0.15) is 10.2 Å². The summed E-state index contributed by atoms with van der Waals surface area (Å²) in [5.74, 6) is -0.305. The Bertz CT molecular complexity index is 3210. The van der Waals surface area contributed by atoms with Crippen molar-refractivity contribution in [3.63, 3.8) is 0 Å². The molecule has 0 saturated carbocycles. The van der Waals surface area contributed by atoms with Crippen LogP contribution in [0.2, 0.25) is 0 Å². The quantitative estimate of drug-likeness (QED) is 0.0783. The lowest BCUT2D eigenvalue weighted by Gasteiger charge is -2.12. The van der Waals surface area contributed by atoms with E-state index in [1.807, 2.05) is 10.7 Å². The van der Waals surface area contributed by atoms with Crippen molar-refractivity contribution < 1.29 is 33.0 Å². The molecule has 10 rings (SSSR count). The maximum absolute atomic E-state index is 14.3. The molecule has 0 unspecified atom stereocenters. The number of pyridine rings is 2. The third kappa shape index (κ3) is 9.62. The fourth-order valence-corrected chi connectivity index (χ4v) is 8.35. The van der Waals surface area contributed by atoms with E-state index < -0.39 is 11.9 Å². The van der Waals surface area contributed by atoms with Crippen molar-refractivity contribution in [3.8, 4) is 34.5 Å². The molecule has 69 heavy (non-hydrogen) atoms. The zero-order valence-corrected chi connectivity index (χ0v) is 37.5. The van der Waals surface area contributed by atoms with Crippen LogP contribution in [0.15, 0.2) is 97.8 Å². The highest BCUT2D eigenvalue weighted by molar-refractivity contribution is 5.99. The first-order valence-electron chi connectivity index (χ1n) is 22.1. The molecule has 0 radical (unpaired) electrons. The highest BCUT2D eigenvalue weighted by Crippen LogP contribution is 2.36. The summed E-state index contributed by atoms with van der Waals surface area (Å²) in [5, 5.41) is 26.0. The number of fused-ring (bicyclic) bond motifs is 2.